The molecular weight excluding hydrogens is 597 g/mol. The minimum Gasteiger partial charge on any atom is -0.469 e. The highest BCUT2D eigenvalue weighted by Gasteiger charge is 2.40. The lowest BCUT2D eigenvalue weighted by Crippen LogP contribution is -2.47. The van der Waals surface area contributed by atoms with Gasteiger partial charge >= 0.3 is 12.1 Å². The average Bonchev–Trinajstić information content (AvgIpc) is 3.19. The molecule has 2 N–H and O–H groups in total. The standard InChI is InChI=1S/C28H36ClF3N4O5S/c1-27(2,3)35-42(39,40)21-11-10-17(14-20(21)28(30,31)32)24-22(29)23(34-36(24)15-16-8-6-5-7-9-16)25(37)33-19-12-18(13-19)26(38)41-4/h10-11,14,16,18-19,35H,5-9,12-13,15H2,1-4H3,(H,33,37). The SMILES string of the molecule is COC(=O)C1CC(NC(=O)c2nn(CC3CCCCC3)c(-c3ccc(S(=O)(=O)NC(C)(C)C)c(C(F)(F)F)c3)c2Cl)C1. The molecule has 1 aromatic heterocycles. The van der Waals surface area contributed by atoms with E-state index in [2.05, 4.69) is 15.1 Å². The van der Waals surface area contributed by atoms with Crippen molar-refractivity contribution in [3.05, 3.63) is 34.5 Å². The van der Waals surface area contributed by atoms with Gasteiger partial charge in [0.2, 0.25) is 10.0 Å². The molecule has 2 aliphatic rings. The Morgan fingerprint density at radius 1 is 1.12 bits per heavy atom. The molecule has 1 aromatic carbocycles. The van der Waals surface area contributed by atoms with Gasteiger partial charge in [0, 0.05) is 23.7 Å². The Morgan fingerprint density at radius 3 is 2.33 bits per heavy atom. The van der Waals surface area contributed by atoms with Gasteiger partial charge in [0.05, 0.1) is 34.2 Å². The maximum absolute atomic E-state index is 14.3. The van der Waals surface area contributed by atoms with Crippen molar-refractivity contribution in [3.8, 4) is 11.3 Å². The molecule has 0 atom stereocenters. The Morgan fingerprint density at radius 2 is 1.76 bits per heavy atom. The zero-order chi connectivity index (χ0) is 31.0. The zero-order valence-electron chi connectivity index (χ0n) is 24.0. The number of halogens is 4. The number of nitrogens with zero attached hydrogens (tertiary/aromatic N) is 2. The second-order valence-electron chi connectivity index (χ2n) is 12.1. The van der Waals surface area contributed by atoms with Crippen LogP contribution in [-0.4, -0.2) is 48.8 Å². The van der Waals surface area contributed by atoms with E-state index in [9.17, 15) is 31.2 Å². The van der Waals surface area contributed by atoms with E-state index in [1.54, 1.807) is 0 Å². The molecule has 1 heterocycles. The quantitative estimate of drug-likeness (QED) is 0.368. The Hall–Kier alpha value is -2.64. The van der Waals surface area contributed by atoms with Crippen LogP contribution in [0.4, 0.5) is 13.2 Å². The zero-order valence-corrected chi connectivity index (χ0v) is 25.5. The van der Waals surface area contributed by atoms with E-state index < -0.39 is 38.1 Å². The minimum absolute atomic E-state index is 0.0150. The molecule has 0 saturated heterocycles. The van der Waals surface area contributed by atoms with Crippen LogP contribution in [-0.2, 0) is 32.3 Å². The smallest absolute Gasteiger partial charge is 0.417 e. The molecule has 0 bridgehead atoms. The van der Waals surface area contributed by atoms with Gasteiger partial charge < -0.3 is 10.1 Å². The lowest BCUT2D eigenvalue weighted by Gasteiger charge is -2.33. The minimum atomic E-state index is -5.00. The van der Waals surface area contributed by atoms with Crippen molar-refractivity contribution < 1.29 is 35.9 Å². The van der Waals surface area contributed by atoms with Gasteiger partial charge in [-0.3, -0.25) is 14.3 Å². The molecule has 0 spiro atoms. The van der Waals surface area contributed by atoms with Crippen molar-refractivity contribution in [1.82, 2.24) is 19.8 Å². The number of hydrogen-bond donors (Lipinski definition) is 2. The third-order valence-corrected chi connectivity index (χ3v) is 9.74. The lowest BCUT2D eigenvalue weighted by molar-refractivity contribution is -0.149. The molecule has 1 amide bonds. The van der Waals surface area contributed by atoms with E-state index in [-0.39, 0.29) is 45.8 Å². The molecule has 0 radical (unpaired) electrons. The number of rotatable bonds is 8. The van der Waals surface area contributed by atoms with Crippen LogP contribution in [0.1, 0.15) is 81.8 Å². The summed E-state index contributed by atoms with van der Waals surface area (Å²) < 4.78 is 77.2. The molecule has 232 valence electrons. The highest BCUT2D eigenvalue weighted by molar-refractivity contribution is 7.89. The van der Waals surface area contributed by atoms with Crippen LogP contribution >= 0.6 is 11.6 Å². The highest BCUT2D eigenvalue weighted by atomic mass is 35.5. The first kappa shape index (κ1) is 32.3. The number of benzene rings is 1. The number of aromatic nitrogens is 2. The number of alkyl halides is 3. The number of esters is 1. The molecule has 4 rings (SSSR count). The monoisotopic (exact) mass is 632 g/mol. The summed E-state index contributed by atoms with van der Waals surface area (Å²) in [5.41, 5.74) is -2.43. The van der Waals surface area contributed by atoms with Gasteiger partial charge in [-0.05, 0) is 64.5 Å². The van der Waals surface area contributed by atoms with E-state index >= 15 is 0 Å². The number of carbonyl (C=O) groups is 2. The van der Waals surface area contributed by atoms with Crippen molar-refractivity contribution in [2.45, 2.75) is 94.9 Å². The predicted molar refractivity (Wildman–Crippen MR) is 150 cm³/mol. The Kier molecular flexibility index (Phi) is 9.34. The Bertz CT molecular complexity index is 1440. The van der Waals surface area contributed by atoms with Crippen molar-refractivity contribution in [3.63, 3.8) is 0 Å². The highest BCUT2D eigenvalue weighted by Crippen LogP contribution is 2.40. The largest absolute Gasteiger partial charge is 0.469 e. The van der Waals surface area contributed by atoms with Crippen LogP contribution < -0.4 is 10.0 Å². The van der Waals surface area contributed by atoms with Gasteiger partial charge in [0.25, 0.3) is 5.91 Å². The molecular formula is C28H36ClF3N4O5S. The fourth-order valence-electron chi connectivity index (χ4n) is 5.55. The van der Waals surface area contributed by atoms with E-state index in [0.717, 1.165) is 44.2 Å². The summed E-state index contributed by atoms with van der Waals surface area (Å²) in [4.78, 5) is 24.0. The van der Waals surface area contributed by atoms with Crippen LogP contribution in [0, 0.1) is 11.8 Å². The number of methoxy groups -OCH3 is 1. The molecule has 9 nitrogen and oxygen atoms in total. The van der Waals surface area contributed by atoms with Crippen LogP contribution in [0.5, 0.6) is 0 Å². The van der Waals surface area contributed by atoms with E-state index in [0.29, 0.717) is 19.4 Å². The number of amides is 1. The molecule has 14 heteroatoms. The van der Waals surface area contributed by atoms with Gasteiger partial charge in [0.15, 0.2) is 5.69 Å². The van der Waals surface area contributed by atoms with E-state index in [4.69, 9.17) is 16.3 Å². The summed E-state index contributed by atoms with van der Waals surface area (Å²) in [6.07, 6.45) is 0.696. The Labute approximate surface area is 248 Å². The maximum atomic E-state index is 14.3. The number of sulfonamides is 1. The summed E-state index contributed by atoms with van der Waals surface area (Å²) in [6.45, 7) is 4.92. The lowest BCUT2D eigenvalue weighted by atomic mass is 9.80. The summed E-state index contributed by atoms with van der Waals surface area (Å²) >= 11 is 6.68. The predicted octanol–water partition coefficient (Wildman–Crippen LogP) is 5.56. The number of carbonyl (C=O) groups excluding carboxylic acids is 2. The first-order valence-corrected chi connectivity index (χ1v) is 15.8. The fraction of sp³-hybridized carbons (Fsp3) is 0.607. The summed E-state index contributed by atoms with van der Waals surface area (Å²) in [6, 6.07) is 2.59. The van der Waals surface area contributed by atoms with Gasteiger partial charge in [0.1, 0.15) is 0 Å². The first-order chi connectivity index (χ1) is 19.5. The van der Waals surface area contributed by atoms with Crippen LogP contribution in [0.25, 0.3) is 11.3 Å². The van der Waals surface area contributed by atoms with Crippen molar-refractivity contribution in [2.24, 2.45) is 11.8 Å². The van der Waals surface area contributed by atoms with E-state index in [1.807, 2.05) is 0 Å². The molecule has 0 aliphatic heterocycles. The molecule has 2 saturated carbocycles. The van der Waals surface area contributed by atoms with Crippen molar-refractivity contribution >= 4 is 33.5 Å². The number of ether oxygens (including phenoxy) is 1. The van der Waals surface area contributed by atoms with Crippen molar-refractivity contribution in [1.29, 1.82) is 0 Å². The molecule has 2 aliphatic carbocycles. The van der Waals surface area contributed by atoms with Crippen molar-refractivity contribution in [2.75, 3.05) is 7.11 Å². The summed E-state index contributed by atoms with van der Waals surface area (Å²) in [5, 5.41) is 7.10. The van der Waals surface area contributed by atoms with Gasteiger partial charge in [-0.15, -0.1) is 0 Å². The fourth-order valence-corrected chi connectivity index (χ4v) is 7.50. The second kappa shape index (κ2) is 12.2. The van der Waals surface area contributed by atoms with E-state index in [1.165, 1.54) is 38.6 Å². The number of nitrogens with one attached hydrogen (secondary N) is 2. The summed E-state index contributed by atoms with van der Waals surface area (Å²) in [7, 11) is -3.23. The second-order valence-corrected chi connectivity index (χ2v) is 14.2. The topological polar surface area (TPSA) is 119 Å². The van der Waals surface area contributed by atoms with Crippen LogP contribution in [0.2, 0.25) is 5.02 Å². The molecule has 0 unspecified atom stereocenters. The van der Waals surface area contributed by atoms with Crippen LogP contribution in [0.15, 0.2) is 23.1 Å². The normalized spacial score (nSPS) is 20.2. The maximum Gasteiger partial charge on any atom is 0.417 e. The average molecular weight is 633 g/mol. The van der Waals surface area contributed by atoms with Gasteiger partial charge in [-0.1, -0.05) is 36.9 Å². The molecule has 42 heavy (non-hydrogen) atoms. The third kappa shape index (κ3) is 7.28. The first-order valence-electron chi connectivity index (χ1n) is 13.9. The van der Waals surface area contributed by atoms with Gasteiger partial charge in [-0.2, -0.15) is 18.3 Å². The third-order valence-electron chi connectivity index (χ3n) is 7.56. The van der Waals surface area contributed by atoms with Crippen LogP contribution in [0.3, 0.4) is 0 Å². The molecule has 2 aromatic rings. The Balaban J connectivity index is 1.74. The summed E-state index contributed by atoms with van der Waals surface area (Å²) in [5.74, 6) is -1.10. The number of hydrogen-bond acceptors (Lipinski definition) is 6. The molecule has 2 fully saturated rings. The van der Waals surface area contributed by atoms with Gasteiger partial charge in [-0.25, -0.2) is 13.1 Å².